The molecule has 0 aliphatic heterocycles. The molecule has 0 aliphatic carbocycles. The van der Waals surface area contributed by atoms with Crippen molar-refractivity contribution in [3.05, 3.63) is 28.0 Å². The predicted octanol–water partition coefficient (Wildman–Crippen LogP) is 2.31. The molecular weight excluding hydrogens is 197 g/mol. The van der Waals surface area contributed by atoms with Crippen molar-refractivity contribution < 1.29 is 5.11 Å². The van der Waals surface area contributed by atoms with Gasteiger partial charge in [-0.1, -0.05) is 23.2 Å². The number of rotatable bonds is 2. The summed E-state index contributed by atoms with van der Waals surface area (Å²) in [6.07, 6.45) is 1.77. The molecule has 0 amide bonds. The standard InChI is InChI=1S/C8H9Cl2NO/c1-5(12)2-6-3-7(9)8(10)11-4-6/h3-5,12H,2H2,1H3. The van der Waals surface area contributed by atoms with Crippen LogP contribution in [0.4, 0.5) is 0 Å². The summed E-state index contributed by atoms with van der Waals surface area (Å²) in [4.78, 5) is 3.85. The third-order valence-corrected chi connectivity index (χ3v) is 2.07. The Kier molecular flexibility index (Phi) is 3.32. The van der Waals surface area contributed by atoms with Crippen LogP contribution in [0.5, 0.6) is 0 Å². The summed E-state index contributed by atoms with van der Waals surface area (Å²) in [7, 11) is 0. The predicted molar refractivity (Wildman–Crippen MR) is 49.6 cm³/mol. The highest BCUT2D eigenvalue weighted by Gasteiger charge is 2.03. The maximum absolute atomic E-state index is 9.06. The van der Waals surface area contributed by atoms with Gasteiger partial charge in [0.1, 0.15) is 5.15 Å². The highest BCUT2D eigenvalue weighted by atomic mass is 35.5. The van der Waals surface area contributed by atoms with Crippen molar-refractivity contribution in [3.63, 3.8) is 0 Å². The lowest BCUT2D eigenvalue weighted by atomic mass is 10.1. The van der Waals surface area contributed by atoms with E-state index in [0.717, 1.165) is 5.56 Å². The van der Waals surface area contributed by atoms with Crippen LogP contribution in [0, 0.1) is 0 Å². The van der Waals surface area contributed by atoms with Gasteiger partial charge in [0.05, 0.1) is 11.1 Å². The monoisotopic (exact) mass is 205 g/mol. The number of nitrogens with zero attached hydrogens (tertiary/aromatic N) is 1. The van der Waals surface area contributed by atoms with E-state index >= 15 is 0 Å². The molecule has 1 unspecified atom stereocenters. The fraction of sp³-hybridized carbons (Fsp3) is 0.375. The Morgan fingerprint density at radius 3 is 2.75 bits per heavy atom. The second kappa shape index (κ2) is 4.08. The summed E-state index contributed by atoms with van der Waals surface area (Å²) in [5.41, 5.74) is 0.888. The minimum Gasteiger partial charge on any atom is -0.393 e. The normalized spacial score (nSPS) is 13.0. The lowest BCUT2D eigenvalue weighted by Gasteiger charge is -2.04. The SMILES string of the molecule is CC(O)Cc1cnc(Cl)c(Cl)c1. The summed E-state index contributed by atoms with van der Waals surface area (Å²) in [6.45, 7) is 1.71. The summed E-state index contributed by atoms with van der Waals surface area (Å²) in [5.74, 6) is 0. The van der Waals surface area contributed by atoms with Gasteiger partial charge in [-0.05, 0) is 25.0 Å². The molecular formula is C8H9Cl2NO. The van der Waals surface area contributed by atoms with Crippen LogP contribution < -0.4 is 0 Å². The molecule has 0 aliphatic rings. The number of halogens is 2. The van der Waals surface area contributed by atoms with Crippen LogP contribution in [-0.4, -0.2) is 16.2 Å². The number of hydrogen-bond acceptors (Lipinski definition) is 2. The molecule has 0 saturated carbocycles. The molecule has 0 spiro atoms. The van der Waals surface area contributed by atoms with Gasteiger partial charge in [-0.3, -0.25) is 0 Å². The molecule has 66 valence electrons. The van der Waals surface area contributed by atoms with Crippen LogP contribution in [-0.2, 0) is 6.42 Å². The summed E-state index contributed by atoms with van der Waals surface area (Å²) < 4.78 is 0. The van der Waals surface area contributed by atoms with Crippen molar-refractivity contribution in [3.8, 4) is 0 Å². The van der Waals surface area contributed by atoms with Crippen molar-refractivity contribution >= 4 is 23.2 Å². The Labute approximate surface area is 81.1 Å². The maximum atomic E-state index is 9.06. The molecule has 4 heteroatoms. The number of aliphatic hydroxyl groups is 1. The molecule has 0 radical (unpaired) electrons. The minimum atomic E-state index is -0.385. The first-order valence-corrected chi connectivity index (χ1v) is 4.33. The Hall–Kier alpha value is -0.310. The van der Waals surface area contributed by atoms with Gasteiger partial charge < -0.3 is 5.11 Å². The van der Waals surface area contributed by atoms with Crippen molar-refractivity contribution in [2.75, 3.05) is 0 Å². The Morgan fingerprint density at radius 1 is 1.58 bits per heavy atom. The maximum Gasteiger partial charge on any atom is 0.147 e. The van der Waals surface area contributed by atoms with Crippen molar-refractivity contribution in [2.45, 2.75) is 19.4 Å². The number of aromatic nitrogens is 1. The Morgan fingerprint density at radius 2 is 2.25 bits per heavy atom. The fourth-order valence-corrected chi connectivity index (χ4v) is 1.21. The molecule has 1 aromatic rings. The number of pyridine rings is 1. The summed E-state index contributed by atoms with van der Waals surface area (Å²) >= 11 is 11.3. The van der Waals surface area contributed by atoms with E-state index < -0.39 is 0 Å². The first-order chi connectivity index (χ1) is 5.59. The highest BCUT2D eigenvalue weighted by Crippen LogP contribution is 2.20. The van der Waals surface area contributed by atoms with E-state index in [9.17, 15) is 0 Å². The molecule has 0 aromatic carbocycles. The van der Waals surface area contributed by atoms with Crippen LogP contribution in [0.2, 0.25) is 10.2 Å². The van der Waals surface area contributed by atoms with Gasteiger partial charge in [0.2, 0.25) is 0 Å². The van der Waals surface area contributed by atoms with Crippen molar-refractivity contribution in [1.29, 1.82) is 0 Å². The zero-order valence-electron chi connectivity index (χ0n) is 6.59. The Bertz CT molecular complexity index is 276. The third kappa shape index (κ3) is 2.63. The highest BCUT2D eigenvalue weighted by molar-refractivity contribution is 6.41. The van der Waals surface area contributed by atoms with E-state index in [2.05, 4.69) is 4.98 Å². The zero-order chi connectivity index (χ0) is 9.14. The van der Waals surface area contributed by atoms with Gasteiger partial charge in [-0.2, -0.15) is 0 Å². The second-order valence-corrected chi connectivity index (χ2v) is 3.43. The van der Waals surface area contributed by atoms with Crippen LogP contribution in [0.25, 0.3) is 0 Å². The second-order valence-electron chi connectivity index (χ2n) is 2.67. The van der Waals surface area contributed by atoms with Gasteiger partial charge in [-0.15, -0.1) is 0 Å². The average Bonchev–Trinajstić information content (AvgIpc) is 1.96. The Balaban J connectivity index is 2.82. The third-order valence-electron chi connectivity index (χ3n) is 1.38. The molecule has 1 aromatic heterocycles. The molecule has 1 atom stereocenters. The van der Waals surface area contributed by atoms with Gasteiger partial charge in [0, 0.05) is 6.20 Å². The summed E-state index contributed by atoms with van der Waals surface area (Å²) in [6, 6.07) is 1.71. The van der Waals surface area contributed by atoms with Gasteiger partial charge in [-0.25, -0.2) is 4.98 Å². The van der Waals surface area contributed by atoms with Crippen LogP contribution in [0.3, 0.4) is 0 Å². The fourth-order valence-electron chi connectivity index (χ4n) is 0.914. The molecule has 2 nitrogen and oxygen atoms in total. The molecule has 0 saturated heterocycles. The first kappa shape index (κ1) is 9.78. The molecule has 1 N–H and O–H groups in total. The zero-order valence-corrected chi connectivity index (χ0v) is 8.10. The van der Waals surface area contributed by atoms with Crippen LogP contribution >= 0.6 is 23.2 Å². The van der Waals surface area contributed by atoms with Gasteiger partial charge >= 0.3 is 0 Å². The van der Waals surface area contributed by atoms with Crippen LogP contribution in [0.15, 0.2) is 12.3 Å². The lowest BCUT2D eigenvalue weighted by molar-refractivity contribution is 0.195. The molecule has 1 heterocycles. The lowest BCUT2D eigenvalue weighted by Crippen LogP contribution is -2.04. The largest absolute Gasteiger partial charge is 0.393 e. The minimum absolute atomic E-state index is 0.297. The van der Waals surface area contributed by atoms with Crippen molar-refractivity contribution in [1.82, 2.24) is 4.98 Å². The van der Waals surface area contributed by atoms with E-state index in [1.54, 1.807) is 19.2 Å². The first-order valence-electron chi connectivity index (χ1n) is 3.57. The molecule has 12 heavy (non-hydrogen) atoms. The van der Waals surface area contributed by atoms with E-state index in [4.69, 9.17) is 28.3 Å². The van der Waals surface area contributed by atoms with E-state index in [0.29, 0.717) is 16.6 Å². The van der Waals surface area contributed by atoms with Crippen LogP contribution in [0.1, 0.15) is 12.5 Å². The summed E-state index contributed by atoms with van der Waals surface area (Å²) in [5, 5.41) is 9.79. The number of aliphatic hydroxyl groups excluding tert-OH is 1. The van der Waals surface area contributed by atoms with Gasteiger partial charge in [0.15, 0.2) is 0 Å². The molecule has 1 rings (SSSR count). The van der Waals surface area contributed by atoms with Gasteiger partial charge in [0.25, 0.3) is 0 Å². The topological polar surface area (TPSA) is 33.1 Å². The molecule has 0 fully saturated rings. The van der Waals surface area contributed by atoms with E-state index in [-0.39, 0.29) is 6.10 Å². The molecule has 0 bridgehead atoms. The van der Waals surface area contributed by atoms with E-state index in [1.165, 1.54) is 0 Å². The van der Waals surface area contributed by atoms with E-state index in [1.807, 2.05) is 0 Å². The number of hydrogen-bond donors (Lipinski definition) is 1. The smallest absolute Gasteiger partial charge is 0.147 e. The quantitative estimate of drug-likeness (QED) is 0.753. The van der Waals surface area contributed by atoms with Crippen molar-refractivity contribution in [2.24, 2.45) is 0 Å². The average molecular weight is 206 g/mol.